The van der Waals surface area contributed by atoms with Gasteiger partial charge in [0.2, 0.25) is 5.91 Å². The minimum Gasteiger partial charge on any atom is -0.370 e. The predicted octanol–water partition coefficient (Wildman–Crippen LogP) is 1.51. The van der Waals surface area contributed by atoms with Gasteiger partial charge in [0.15, 0.2) is 11.9 Å². The molecular formula is C23H31N3O5. The number of carbonyl (C=O) groups excluding carboxylic acids is 3. The fourth-order valence-electron chi connectivity index (χ4n) is 3.36. The smallest absolute Gasteiger partial charge is 0.252 e. The summed E-state index contributed by atoms with van der Waals surface area (Å²) in [4.78, 5) is 38.0. The van der Waals surface area contributed by atoms with E-state index in [4.69, 9.17) is 14.7 Å². The molecule has 31 heavy (non-hydrogen) atoms. The zero-order valence-electron chi connectivity index (χ0n) is 18.7. The normalized spacial score (nSPS) is 18.3. The first kappa shape index (κ1) is 24.5. The summed E-state index contributed by atoms with van der Waals surface area (Å²) in [6.07, 6.45) is -0.854. The van der Waals surface area contributed by atoms with Crippen LogP contribution in [-0.2, 0) is 30.3 Å². The van der Waals surface area contributed by atoms with Gasteiger partial charge in [-0.2, -0.15) is 5.26 Å². The van der Waals surface area contributed by atoms with Crippen molar-refractivity contribution < 1.29 is 23.9 Å². The van der Waals surface area contributed by atoms with Crippen LogP contribution in [0.25, 0.3) is 0 Å². The van der Waals surface area contributed by atoms with Crippen molar-refractivity contribution in [2.45, 2.75) is 64.4 Å². The predicted molar refractivity (Wildman–Crippen MR) is 114 cm³/mol. The van der Waals surface area contributed by atoms with E-state index in [0.29, 0.717) is 18.6 Å². The van der Waals surface area contributed by atoms with Crippen molar-refractivity contribution in [3.8, 4) is 6.07 Å². The Morgan fingerprint density at radius 2 is 1.87 bits per heavy atom. The second-order valence-electron chi connectivity index (χ2n) is 8.74. The van der Waals surface area contributed by atoms with E-state index in [1.807, 2.05) is 20.8 Å². The van der Waals surface area contributed by atoms with Gasteiger partial charge in [-0.25, -0.2) is 0 Å². The highest BCUT2D eigenvalue weighted by Crippen LogP contribution is 2.20. The summed E-state index contributed by atoms with van der Waals surface area (Å²) in [5.41, 5.74) is 0.849. The second-order valence-corrected chi connectivity index (χ2v) is 8.74. The molecule has 1 saturated heterocycles. The van der Waals surface area contributed by atoms with Crippen molar-refractivity contribution in [3.05, 3.63) is 35.4 Å². The molecule has 4 atom stereocenters. The molecule has 168 valence electrons. The molecule has 0 radical (unpaired) electrons. The van der Waals surface area contributed by atoms with Crippen molar-refractivity contribution in [3.63, 3.8) is 0 Å². The van der Waals surface area contributed by atoms with Crippen LogP contribution >= 0.6 is 0 Å². The largest absolute Gasteiger partial charge is 0.370 e. The van der Waals surface area contributed by atoms with E-state index in [9.17, 15) is 14.4 Å². The maximum absolute atomic E-state index is 13.2. The Hall–Kier alpha value is -2.76. The number of rotatable bonds is 10. The molecule has 1 aliphatic rings. The second kappa shape index (κ2) is 10.5. The highest BCUT2D eigenvalue weighted by atomic mass is 16.6. The molecule has 1 heterocycles. The van der Waals surface area contributed by atoms with Gasteiger partial charge in [0.1, 0.15) is 6.04 Å². The third-order valence-corrected chi connectivity index (χ3v) is 4.91. The number of nitrogens with zero attached hydrogens (tertiary/aromatic N) is 1. The Morgan fingerprint density at radius 3 is 2.35 bits per heavy atom. The molecule has 1 aromatic carbocycles. The van der Waals surface area contributed by atoms with Gasteiger partial charge in [-0.3, -0.25) is 14.4 Å². The number of amides is 2. The number of ether oxygens (including phenoxy) is 2. The lowest BCUT2D eigenvalue weighted by Crippen LogP contribution is -2.52. The quantitative estimate of drug-likeness (QED) is 0.544. The van der Waals surface area contributed by atoms with E-state index >= 15 is 0 Å². The van der Waals surface area contributed by atoms with E-state index in [2.05, 4.69) is 16.7 Å². The Morgan fingerprint density at radius 1 is 1.26 bits per heavy atom. The van der Waals surface area contributed by atoms with Gasteiger partial charge in [-0.1, -0.05) is 12.1 Å². The fraction of sp³-hybridized carbons (Fsp3) is 0.565. The molecule has 0 bridgehead atoms. The molecule has 1 fully saturated rings. The van der Waals surface area contributed by atoms with Gasteiger partial charge in [-0.05, 0) is 51.8 Å². The average molecular weight is 430 g/mol. The first-order valence-electron chi connectivity index (χ1n) is 10.4. The van der Waals surface area contributed by atoms with Crippen LogP contribution in [-0.4, -0.2) is 55.1 Å². The minimum absolute atomic E-state index is 0.0615. The van der Waals surface area contributed by atoms with Crippen molar-refractivity contribution in [1.82, 2.24) is 10.6 Å². The van der Waals surface area contributed by atoms with Crippen LogP contribution in [0.3, 0.4) is 0 Å². The van der Waals surface area contributed by atoms with Gasteiger partial charge in [0.05, 0.1) is 29.9 Å². The number of benzene rings is 1. The van der Waals surface area contributed by atoms with Crippen LogP contribution in [0.5, 0.6) is 0 Å². The summed E-state index contributed by atoms with van der Waals surface area (Å²) >= 11 is 0. The molecule has 0 aliphatic carbocycles. The molecule has 2 N–H and O–H groups in total. The summed E-state index contributed by atoms with van der Waals surface area (Å²) < 4.78 is 10.9. The zero-order valence-corrected chi connectivity index (χ0v) is 18.7. The third-order valence-electron chi connectivity index (χ3n) is 4.91. The standard InChI is InChI=1S/C23H31N3O5/c1-14(31-23(2,3)4)20(26-22(29)19-13-30-19)18(27)11-17(21(28)25-5)10-15-6-8-16(12-24)9-7-15/h6-9,14,17,19-20H,10-11,13H2,1-5H3,(H,25,28)(H,26,29)/t14-,17+,19?,20+/m1/s1. The topological polar surface area (TPSA) is 121 Å². The molecule has 8 nitrogen and oxygen atoms in total. The van der Waals surface area contributed by atoms with Crippen molar-refractivity contribution in [1.29, 1.82) is 5.26 Å². The molecule has 2 amide bonds. The van der Waals surface area contributed by atoms with Gasteiger partial charge >= 0.3 is 0 Å². The Kier molecular flexibility index (Phi) is 8.31. The molecule has 0 aromatic heterocycles. The minimum atomic E-state index is -0.899. The summed E-state index contributed by atoms with van der Waals surface area (Å²) in [7, 11) is 1.52. The lowest BCUT2D eigenvalue weighted by molar-refractivity contribution is -0.138. The highest BCUT2D eigenvalue weighted by molar-refractivity contribution is 5.94. The first-order valence-corrected chi connectivity index (χ1v) is 10.4. The van der Waals surface area contributed by atoms with E-state index in [-0.39, 0.29) is 24.0 Å². The number of epoxide rings is 1. The summed E-state index contributed by atoms with van der Waals surface area (Å²) in [5, 5.41) is 14.3. The van der Waals surface area contributed by atoms with E-state index in [1.165, 1.54) is 7.05 Å². The molecule has 1 aromatic rings. The van der Waals surface area contributed by atoms with Crippen LogP contribution in [0.15, 0.2) is 24.3 Å². The molecule has 8 heteroatoms. The maximum Gasteiger partial charge on any atom is 0.252 e. The van der Waals surface area contributed by atoms with Crippen LogP contribution < -0.4 is 10.6 Å². The van der Waals surface area contributed by atoms with Gasteiger partial charge in [0, 0.05) is 19.4 Å². The lowest BCUT2D eigenvalue weighted by atomic mass is 9.89. The van der Waals surface area contributed by atoms with E-state index in [0.717, 1.165) is 5.56 Å². The fourth-order valence-corrected chi connectivity index (χ4v) is 3.36. The van der Waals surface area contributed by atoms with Gasteiger partial charge in [-0.15, -0.1) is 0 Å². The lowest BCUT2D eigenvalue weighted by Gasteiger charge is -2.31. The molecular weight excluding hydrogens is 398 g/mol. The first-order chi connectivity index (χ1) is 14.5. The number of nitriles is 1. The number of hydrogen-bond donors (Lipinski definition) is 2. The molecule has 2 rings (SSSR count). The number of ketones is 1. The van der Waals surface area contributed by atoms with Crippen LogP contribution in [0.4, 0.5) is 0 Å². The SMILES string of the molecule is CNC(=O)[C@H](CC(=O)[C@@H](NC(=O)C1CO1)[C@@H](C)OC(C)(C)C)Cc1ccc(C#N)cc1. The average Bonchev–Trinajstić information content (AvgIpc) is 3.55. The van der Waals surface area contributed by atoms with Crippen molar-refractivity contribution in [2.24, 2.45) is 5.92 Å². The third kappa shape index (κ3) is 7.78. The maximum atomic E-state index is 13.2. The van der Waals surface area contributed by atoms with E-state index < -0.39 is 29.8 Å². The summed E-state index contributed by atoms with van der Waals surface area (Å²) in [6.45, 7) is 7.68. The van der Waals surface area contributed by atoms with Crippen molar-refractivity contribution in [2.75, 3.05) is 13.7 Å². The summed E-state index contributed by atoms with van der Waals surface area (Å²) in [6, 6.07) is 8.05. The summed E-state index contributed by atoms with van der Waals surface area (Å²) in [5.74, 6) is -1.53. The Bertz CT molecular complexity index is 834. The number of carbonyl (C=O) groups is 3. The number of Topliss-reactive ketones (excluding diaryl/α,β-unsaturated/α-hetero) is 1. The zero-order chi connectivity index (χ0) is 23.2. The Balaban J connectivity index is 2.16. The molecule has 1 unspecified atom stereocenters. The monoisotopic (exact) mass is 429 g/mol. The highest BCUT2D eigenvalue weighted by Gasteiger charge is 2.38. The van der Waals surface area contributed by atoms with Gasteiger partial charge in [0.25, 0.3) is 5.91 Å². The van der Waals surface area contributed by atoms with Crippen molar-refractivity contribution >= 4 is 17.6 Å². The van der Waals surface area contributed by atoms with Crippen LogP contribution in [0.1, 0.15) is 45.2 Å². The number of nitrogens with one attached hydrogen (secondary N) is 2. The Labute approximate surface area is 183 Å². The van der Waals surface area contributed by atoms with Crippen LogP contribution in [0, 0.1) is 17.2 Å². The molecule has 1 aliphatic heterocycles. The molecule has 0 spiro atoms. The molecule has 0 saturated carbocycles. The van der Waals surface area contributed by atoms with Gasteiger partial charge < -0.3 is 20.1 Å². The number of hydrogen-bond acceptors (Lipinski definition) is 6. The van der Waals surface area contributed by atoms with E-state index in [1.54, 1.807) is 31.2 Å². The van der Waals surface area contributed by atoms with Crippen LogP contribution in [0.2, 0.25) is 0 Å².